The molecule has 4 nitrogen and oxygen atoms in total. The van der Waals surface area contributed by atoms with E-state index < -0.39 is 10.0 Å². The second-order valence-electron chi connectivity index (χ2n) is 3.09. The molecule has 2 aromatic rings. The van der Waals surface area contributed by atoms with Gasteiger partial charge in [0.2, 0.25) is 10.0 Å². The SMILES string of the molecule is CCNS(=O)(=O)c1cccc2occc12. The Balaban J connectivity index is 2.66. The summed E-state index contributed by atoms with van der Waals surface area (Å²) in [5, 5.41) is 0.610. The molecule has 1 N–H and O–H groups in total. The summed E-state index contributed by atoms with van der Waals surface area (Å²) in [6.45, 7) is 2.11. The molecule has 0 aliphatic carbocycles. The fourth-order valence-electron chi connectivity index (χ4n) is 1.47. The highest BCUT2D eigenvalue weighted by atomic mass is 32.2. The van der Waals surface area contributed by atoms with Gasteiger partial charge in [0, 0.05) is 11.9 Å². The maximum atomic E-state index is 11.8. The molecule has 1 aromatic carbocycles. The predicted molar refractivity (Wildman–Crippen MR) is 57.1 cm³/mol. The van der Waals surface area contributed by atoms with Gasteiger partial charge in [-0.3, -0.25) is 0 Å². The molecule has 2 rings (SSSR count). The molecule has 0 spiro atoms. The molecule has 0 amide bonds. The predicted octanol–water partition coefficient (Wildman–Crippen LogP) is 1.73. The maximum Gasteiger partial charge on any atom is 0.241 e. The summed E-state index contributed by atoms with van der Waals surface area (Å²) in [5.74, 6) is 0. The van der Waals surface area contributed by atoms with E-state index in [1.165, 1.54) is 6.26 Å². The molecule has 1 aromatic heterocycles. The van der Waals surface area contributed by atoms with Crippen molar-refractivity contribution in [3.63, 3.8) is 0 Å². The fraction of sp³-hybridized carbons (Fsp3) is 0.200. The van der Waals surface area contributed by atoms with Crippen molar-refractivity contribution in [3.8, 4) is 0 Å². The van der Waals surface area contributed by atoms with Crippen molar-refractivity contribution >= 4 is 21.0 Å². The molecule has 0 atom stereocenters. The Labute approximate surface area is 87.9 Å². The van der Waals surface area contributed by atoms with E-state index in [-0.39, 0.29) is 4.90 Å². The third kappa shape index (κ3) is 1.75. The molecule has 0 fully saturated rings. The summed E-state index contributed by atoms with van der Waals surface area (Å²) in [7, 11) is -3.42. The van der Waals surface area contributed by atoms with Gasteiger partial charge >= 0.3 is 0 Å². The number of fused-ring (bicyclic) bond motifs is 1. The summed E-state index contributed by atoms with van der Waals surface area (Å²) >= 11 is 0. The van der Waals surface area contributed by atoms with Crippen molar-refractivity contribution in [1.82, 2.24) is 4.72 Å². The average molecular weight is 225 g/mol. The van der Waals surface area contributed by atoms with Crippen molar-refractivity contribution in [3.05, 3.63) is 30.5 Å². The van der Waals surface area contributed by atoms with Crippen LogP contribution in [-0.2, 0) is 10.0 Å². The summed E-state index contributed by atoms with van der Waals surface area (Å²) in [5.41, 5.74) is 0.578. The first-order valence-corrected chi connectivity index (χ1v) is 6.09. The molecule has 0 bridgehead atoms. The van der Waals surface area contributed by atoms with Gasteiger partial charge in [0.25, 0.3) is 0 Å². The largest absolute Gasteiger partial charge is 0.464 e. The lowest BCUT2D eigenvalue weighted by atomic mass is 10.3. The number of hydrogen-bond donors (Lipinski definition) is 1. The minimum Gasteiger partial charge on any atom is -0.464 e. The van der Waals surface area contributed by atoms with Gasteiger partial charge in [-0.2, -0.15) is 0 Å². The van der Waals surface area contributed by atoms with E-state index in [1.807, 2.05) is 0 Å². The van der Waals surface area contributed by atoms with E-state index in [9.17, 15) is 8.42 Å². The highest BCUT2D eigenvalue weighted by Gasteiger charge is 2.16. The van der Waals surface area contributed by atoms with Gasteiger partial charge in [-0.15, -0.1) is 0 Å². The number of rotatable bonds is 3. The lowest BCUT2D eigenvalue weighted by Crippen LogP contribution is -2.23. The van der Waals surface area contributed by atoms with Crippen LogP contribution in [-0.4, -0.2) is 15.0 Å². The van der Waals surface area contributed by atoms with Crippen LogP contribution in [0.5, 0.6) is 0 Å². The maximum absolute atomic E-state index is 11.8. The van der Waals surface area contributed by atoms with Crippen LogP contribution in [0.1, 0.15) is 6.92 Å². The molecule has 1 heterocycles. The van der Waals surface area contributed by atoms with Crippen LogP contribution in [0.4, 0.5) is 0 Å². The molecule has 80 valence electrons. The Bertz CT molecular complexity index is 571. The highest BCUT2D eigenvalue weighted by Crippen LogP contribution is 2.23. The van der Waals surface area contributed by atoms with Crippen LogP contribution in [0, 0.1) is 0 Å². The lowest BCUT2D eigenvalue weighted by Gasteiger charge is -2.04. The van der Waals surface area contributed by atoms with Crippen molar-refractivity contribution in [1.29, 1.82) is 0 Å². The van der Waals surface area contributed by atoms with E-state index in [1.54, 1.807) is 31.2 Å². The smallest absolute Gasteiger partial charge is 0.241 e. The second kappa shape index (κ2) is 3.67. The van der Waals surface area contributed by atoms with Crippen molar-refractivity contribution in [2.45, 2.75) is 11.8 Å². The standard InChI is InChI=1S/C10H11NO3S/c1-2-11-15(12,13)10-5-3-4-9-8(10)6-7-14-9/h3-7,11H,2H2,1H3. The molecule has 15 heavy (non-hydrogen) atoms. The molecular formula is C10H11NO3S. The van der Waals surface area contributed by atoms with E-state index in [0.29, 0.717) is 17.5 Å². The Hall–Kier alpha value is -1.33. The second-order valence-corrected chi connectivity index (χ2v) is 4.83. The Kier molecular flexibility index (Phi) is 2.50. The zero-order valence-electron chi connectivity index (χ0n) is 8.23. The summed E-state index contributed by atoms with van der Waals surface area (Å²) in [6.07, 6.45) is 1.48. The monoisotopic (exact) mass is 225 g/mol. The van der Waals surface area contributed by atoms with Crippen molar-refractivity contribution < 1.29 is 12.8 Å². The van der Waals surface area contributed by atoms with Gasteiger partial charge in [0.1, 0.15) is 5.58 Å². The molecule has 5 heteroatoms. The average Bonchev–Trinajstić information content (AvgIpc) is 2.64. The van der Waals surface area contributed by atoms with Gasteiger partial charge in [0.05, 0.1) is 11.2 Å². The van der Waals surface area contributed by atoms with Crippen molar-refractivity contribution in [2.75, 3.05) is 6.54 Å². The topological polar surface area (TPSA) is 59.3 Å². The third-order valence-corrected chi connectivity index (χ3v) is 3.68. The van der Waals surface area contributed by atoms with Gasteiger partial charge < -0.3 is 4.42 Å². The minimum atomic E-state index is -3.42. The highest BCUT2D eigenvalue weighted by molar-refractivity contribution is 7.89. The van der Waals surface area contributed by atoms with Crippen LogP contribution < -0.4 is 4.72 Å². The summed E-state index contributed by atoms with van der Waals surface area (Å²) < 4.78 is 31.2. The molecule has 0 aliphatic heterocycles. The molecule has 0 saturated heterocycles. The Morgan fingerprint density at radius 2 is 2.13 bits per heavy atom. The fourth-order valence-corrected chi connectivity index (χ4v) is 2.72. The Morgan fingerprint density at radius 3 is 2.87 bits per heavy atom. The molecule has 0 unspecified atom stereocenters. The van der Waals surface area contributed by atoms with Gasteiger partial charge in [0.15, 0.2) is 0 Å². The third-order valence-electron chi connectivity index (χ3n) is 2.08. The molecule has 0 radical (unpaired) electrons. The van der Waals surface area contributed by atoms with Gasteiger partial charge in [-0.1, -0.05) is 13.0 Å². The van der Waals surface area contributed by atoms with Crippen LogP contribution in [0.25, 0.3) is 11.0 Å². The van der Waals surface area contributed by atoms with Crippen LogP contribution in [0.2, 0.25) is 0 Å². The number of furan rings is 1. The zero-order chi connectivity index (χ0) is 10.9. The Morgan fingerprint density at radius 1 is 1.33 bits per heavy atom. The summed E-state index contributed by atoms with van der Waals surface area (Å²) in [4.78, 5) is 0.260. The number of sulfonamides is 1. The van der Waals surface area contributed by atoms with Gasteiger partial charge in [-0.25, -0.2) is 13.1 Å². The van der Waals surface area contributed by atoms with E-state index >= 15 is 0 Å². The normalized spacial score (nSPS) is 12.1. The molecule has 0 saturated carbocycles. The van der Waals surface area contributed by atoms with E-state index in [4.69, 9.17) is 4.42 Å². The first-order valence-electron chi connectivity index (χ1n) is 4.61. The summed E-state index contributed by atoms with van der Waals surface area (Å²) in [6, 6.07) is 6.62. The van der Waals surface area contributed by atoms with E-state index in [0.717, 1.165) is 0 Å². The first kappa shape index (κ1) is 10.2. The lowest BCUT2D eigenvalue weighted by molar-refractivity contribution is 0.584. The van der Waals surface area contributed by atoms with Crippen molar-refractivity contribution in [2.24, 2.45) is 0 Å². The van der Waals surface area contributed by atoms with E-state index in [2.05, 4.69) is 4.72 Å². The zero-order valence-corrected chi connectivity index (χ0v) is 9.04. The minimum absolute atomic E-state index is 0.260. The van der Waals surface area contributed by atoms with Crippen LogP contribution >= 0.6 is 0 Å². The number of nitrogens with one attached hydrogen (secondary N) is 1. The van der Waals surface area contributed by atoms with Gasteiger partial charge in [-0.05, 0) is 18.2 Å². The molecule has 0 aliphatic rings. The van der Waals surface area contributed by atoms with Crippen LogP contribution in [0.3, 0.4) is 0 Å². The quantitative estimate of drug-likeness (QED) is 0.865. The number of hydrogen-bond acceptors (Lipinski definition) is 3. The number of benzene rings is 1. The first-order chi connectivity index (χ1) is 7.15. The molecular weight excluding hydrogens is 214 g/mol. The van der Waals surface area contributed by atoms with Crippen LogP contribution in [0.15, 0.2) is 39.8 Å².